The van der Waals surface area contributed by atoms with Crippen molar-refractivity contribution in [1.29, 1.82) is 0 Å². The van der Waals surface area contributed by atoms with Gasteiger partial charge in [-0.2, -0.15) is 0 Å². The van der Waals surface area contributed by atoms with Gasteiger partial charge in [-0.3, -0.25) is 0 Å². The zero-order valence-electron chi connectivity index (χ0n) is 10.6. The molecule has 0 saturated heterocycles. The average Bonchev–Trinajstić information content (AvgIpc) is 2.76. The molecule has 2 N–H and O–H groups in total. The van der Waals surface area contributed by atoms with E-state index in [-0.39, 0.29) is 6.04 Å². The molecular formula is C15H20N2. The normalized spacial score (nSPS) is 12.6. The molecule has 0 aliphatic carbocycles. The molecule has 1 unspecified atom stereocenters. The van der Waals surface area contributed by atoms with E-state index in [0.29, 0.717) is 0 Å². The summed E-state index contributed by atoms with van der Waals surface area (Å²) in [5, 5.41) is 0. The van der Waals surface area contributed by atoms with Gasteiger partial charge in [0, 0.05) is 25.0 Å². The fraction of sp³-hybridized carbons (Fsp3) is 0.333. The maximum absolute atomic E-state index is 6.01. The number of hydrogen-bond acceptors (Lipinski definition) is 1. The lowest BCUT2D eigenvalue weighted by Gasteiger charge is -2.06. The fourth-order valence-electron chi connectivity index (χ4n) is 2.03. The van der Waals surface area contributed by atoms with Crippen LogP contribution >= 0.6 is 0 Å². The summed E-state index contributed by atoms with van der Waals surface area (Å²) < 4.78 is 2.19. The molecule has 0 saturated carbocycles. The van der Waals surface area contributed by atoms with E-state index >= 15 is 0 Å². The molecule has 17 heavy (non-hydrogen) atoms. The Kier molecular flexibility index (Phi) is 3.64. The molecule has 0 fully saturated rings. The van der Waals surface area contributed by atoms with Crippen LogP contribution in [-0.4, -0.2) is 4.57 Å². The molecule has 2 nitrogen and oxygen atoms in total. The molecule has 2 heteroatoms. The van der Waals surface area contributed by atoms with Crippen molar-refractivity contribution < 1.29 is 0 Å². The molecule has 0 amide bonds. The van der Waals surface area contributed by atoms with Gasteiger partial charge in [-0.05, 0) is 30.5 Å². The summed E-state index contributed by atoms with van der Waals surface area (Å²) in [5.41, 5.74) is 9.87. The smallest absolute Gasteiger partial charge is 0.0470 e. The summed E-state index contributed by atoms with van der Waals surface area (Å²) in [6.07, 6.45) is 5.23. The highest BCUT2D eigenvalue weighted by molar-refractivity contribution is 5.23. The van der Waals surface area contributed by atoms with Crippen LogP contribution in [0.4, 0.5) is 0 Å². The monoisotopic (exact) mass is 228 g/mol. The summed E-state index contributed by atoms with van der Waals surface area (Å²) in [6, 6.07) is 10.9. The molecule has 0 spiro atoms. The van der Waals surface area contributed by atoms with Crippen molar-refractivity contribution >= 4 is 0 Å². The third kappa shape index (κ3) is 2.98. The zero-order valence-corrected chi connectivity index (χ0v) is 10.6. The van der Waals surface area contributed by atoms with Crippen molar-refractivity contribution in [2.75, 3.05) is 0 Å². The molecular weight excluding hydrogens is 208 g/mol. The number of rotatable bonds is 4. The minimum atomic E-state index is 0.161. The Morgan fingerprint density at radius 3 is 2.82 bits per heavy atom. The Morgan fingerprint density at radius 1 is 1.29 bits per heavy atom. The van der Waals surface area contributed by atoms with Crippen molar-refractivity contribution in [2.45, 2.75) is 32.9 Å². The lowest BCUT2D eigenvalue weighted by molar-refractivity contribution is 0.693. The fourth-order valence-corrected chi connectivity index (χ4v) is 2.03. The third-order valence-corrected chi connectivity index (χ3v) is 3.09. The first-order valence-electron chi connectivity index (χ1n) is 6.16. The van der Waals surface area contributed by atoms with E-state index in [1.54, 1.807) is 0 Å². The number of hydrogen-bond donors (Lipinski definition) is 1. The Labute approximate surface area is 103 Å². The molecule has 0 aliphatic heterocycles. The standard InChI is InChI=1S/C15H20N2/c1-3-15(16)14-7-8-17(11-14)10-13-6-4-5-12(2)9-13/h4-9,11,15H,3,10,16H2,1-2H3. The van der Waals surface area contributed by atoms with Gasteiger partial charge in [0.2, 0.25) is 0 Å². The van der Waals surface area contributed by atoms with Crippen molar-refractivity contribution in [3.05, 3.63) is 59.4 Å². The van der Waals surface area contributed by atoms with E-state index in [2.05, 4.69) is 61.1 Å². The van der Waals surface area contributed by atoms with Gasteiger partial charge in [0.15, 0.2) is 0 Å². The average molecular weight is 228 g/mol. The van der Waals surface area contributed by atoms with Crippen LogP contribution in [0.2, 0.25) is 0 Å². The summed E-state index contributed by atoms with van der Waals surface area (Å²) in [5.74, 6) is 0. The van der Waals surface area contributed by atoms with E-state index in [9.17, 15) is 0 Å². The van der Waals surface area contributed by atoms with Gasteiger partial charge in [-0.25, -0.2) is 0 Å². The first-order valence-corrected chi connectivity index (χ1v) is 6.16. The summed E-state index contributed by atoms with van der Waals surface area (Å²) in [6.45, 7) is 5.15. The number of nitrogens with zero attached hydrogens (tertiary/aromatic N) is 1. The van der Waals surface area contributed by atoms with Crippen molar-refractivity contribution in [2.24, 2.45) is 5.73 Å². The van der Waals surface area contributed by atoms with Gasteiger partial charge in [0.1, 0.15) is 0 Å². The molecule has 2 rings (SSSR count). The van der Waals surface area contributed by atoms with Gasteiger partial charge in [-0.15, -0.1) is 0 Å². The number of aryl methyl sites for hydroxylation is 1. The maximum atomic E-state index is 6.01. The second-order valence-electron chi connectivity index (χ2n) is 4.62. The van der Waals surface area contributed by atoms with Gasteiger partial charge in [0.25, 0.3) is 0 Å². The van der Waals surface area contributed by atoms with E-state index in [1.165, 1.54) is 16.7 Å². The number of aromatic nitrogens is 1. The highest BCUT2D eigenvalue weighted by Gasteiger charge is 2.05. The highest BCUT2D eigenvalue weighted by atomic mass is 14.9. The highest BCUT2D eigenvalue weighted by Crippen LogP contribution is 2.15. The van der Waals surface area contributed by atoms with Crippen molar-refractivity contribution in [1.82, 2.24) is 4.57 Å². The van der Waals surface area contributed by atoms with Crippen LogP contribution < -0.4 is 5.73 Å². The van der Waals surface area contributed by atoms with E-state index in [0.717, 1.165) is 13.0 Å². The lowest BCUT2D eigenvalue weighted by Crippen LogP contribution is -2.07. The van der Waals surface area contributed by atoms with E-state index in [4.69, 9.17) is 5.73 Å². The van der Waals surface area contributed by atoms with Gasteiger partial charge >= 0.3 is 0 Å². The molecule has 1 heterocycles. The molecule has 2 aromatic rings. The Morgan fingerprint density at radius 2 is 2.12 bits per heavy atom. The van der Waals surface area contributed by atoms with Crippen LogP contribution in [0.5, 0.6) is 0 Å². The second kappa shape index (κ2) is 5.19. The first-order chi connectivity index (χ1) is 8.19. The second-order valence-corrected chi connectivity index (χ2v) is 4.62. The zero-order chi connectivity index (χ0) is 12.3. The Balaban J connectivity index is 2.11. The van der Waals surface area contributed by atoms with Gasteiger partial charge in [-0.1, -0.05) is 36.8 Å². The van der Waals surface area contributed by atoms with Crippen LogP contribution in [0.25, 0.3) is 0 Å². The topological polar surface area (TPSA) is 30.9 Å². The summed E-state index contributed by atoms with van der Waals surface area (Å²) in [7, 11) is 0. The Bertz CT molecular complexity index is 485. The van der Waals surface area contributed by atoms with Crippen LogP contribution in [0, 0.1) is 6.92 Å². The first kappa shape index (κ1) is 11.9. The molecule has 0 aliphatic rings. The third-order valence-electron chi connectivity index (χ3n) is 3.09. The predicted octanol–water partition coefficient (Wildman–Crippen LogP) is 3.25. The van der Waals surface area contributed by atoms with Gasteiger partial charge in [0.05, 0.1) is 0 Å². The van der Waals surface area contributed by atoms with Crippen molar-refractivity contribution in [3.8, 4) is 0 Å². The molecule has 1 aromatic carbocycles. The molecule has 0 radical (unpaired) electrons. The van der Waals surface area contributed by atoms with Crippen LogP contribution in [0.3, 0.4) is 0 Å². The van der Waals surface area contributed by atoms with Crippen molar-refractivity contribution in [3.63, 3.8) is 0 Å². The molecule has 1 atom stereocenters. The predicted molar refractivity (Wildman–Crippen MR) is 71.9 cm³/mol. The van der Waals surface area contributed by atoms with E-state index in [1.807, 2.05) is 0 Å². The largest absolute Gasteiger partial charge is 0.350 e. The minimum absolute atomic E-state index is 0.161. The van der Waals surface area contributed by atoms with Crippen LogP contribution in [0.15, 0.2) is 42.7 Å². The van der Waals surface area contributed by atoms with Gasteiger partial charge < -0.3 is 10.3 Å². The van der Waals surface area contributed by atoms with E-state index < -0.39 is 0 Å². The Hall–Kier alpha value is -1.54. The minimum Gasteiger partial charge on any atom is -0.350 e. The summed E-state index contributed by atoms with van der Waals surface area (Å²) >= 11 is 0. The number of benzene rings is 1. The quantitative estimate of drug-likeness (QED) is 0.855. The summed E-state index contributed by atoms with van der Waals surface area (Å²) in [4.78, 5) is 0. The lowest BCUT2D eigenvalue weighted by atomic mass is 10.1. The van der Waals surface area contributed by atoms with Crippen LogP contribution in [0.1, 0.15) is 36.1 Å². The maximum Gasteiger partial charge on any atom is 0.0470 e. The molecule has 90 valence electrons. The number of nitrogens with two attached hydrogens (primary N) is 1. The molecule has 1 aromatic heterocycles. The SMILES string of the molecule is CCC(N)c1ccn(Cc2cccc(C)c2)c1. The molecule has 0 bridgehead atoms. The van der Waals surface area contributed by atoms with Crippen LogP contribution in [-0.2, 0) is 6.54 Å².